The van der Waals surface area contributed by atoms with Crippen LogP contribution in [0, 0.1) is 3.57 Å². The minimum atomic E-state index is -0.521. The summed E-state index contributed by atoms with van der Waals surface area (Å²) >= 11 is 2.08. The lowest BCUT2D eigenvalue weighted by Crippen LogP contribution is -2.09. The zero-order chi connectivity index (χ0) is 13.8. The molecule has 0 unspecified atom stereocenters. The maximum absolute atomic E-state index is 12.0. The molecule has 0 aliphatic rings. The number of hydrogen-bond donors (Lipinski definition) is 1. The van der Waals surface area contributed by atoms with E-state index in [2.05, 4.69) is 22.6 Å². The van der Waals surface area contributed by atoms with Crippen molar-refractivity contribution in [3.05, 3.63) is 63.2 Å². The third-order valence-electron chi connectivity index (χ3n) is 2.73. The first-order valence-corrected chi connectivity index (χ1v) is 6.90. The third kappa shape index (κ3) is 3.47. The van der Waals surface area contributed by atoms with Crippen molar-refractivity contribution in [3.8, 4) is 5.75 Å². The molecule has 0 fully saturated rings. The van der Waals surface area contributed by atoms with E-state index in [1.165, 1.54) is 6.07 Å². The number of esters is 1. The molecule has 1 N–H and O–H groups in total. The molecule has 0 spiro atoms. The number of phenols is 1. The Labute approximate surface area is 125 Å². The van der Waals surface area contributed by atoms with Gasteiger partial charge in [0.05, 0.1) is 0 Å². The Morgan fingerprint density at radius 2 is 1.89 bits per heavy atom. The first-order chi connectivity index (χ1) is 9.08. The average molecular weight is 368 g/mol. The molecule has 98 valence electrons. The van der Waals surface area contributed by atoms with Gasteiger partial charge in [-0.1, -0.05) is 30.3 Å². The molecule has 0 saturated carbocycles. The molecule has 1 atom stereocenters. The predicted octanol–water partition coefficient (Wildman–Crippen LogP) is 3.91. The number of aromatic hydroxyl groups is 1. The van der Waals surface area contributed by atoms with E-state index >= 15 is 0 Å². The van der Waals surface area contributed by atoms with E-state index in [9.17, 15) is 9.90 Å². The van der Waals surface area contributed by atoms with Gasteiger partial charge in [0.25, 0.3) is 0 Å². The van der Waals surface area contributed by atoms with E-state index in [4.69, 9.17) is 4.74 Å². The van der Waals surface area contributed by atoms with Crippen LogP contribution in [0.4, 0.5) is 0 Å². The van der Waals surface area contributed by atoms with Gasteiger partial charge in [-0.2, -0.15) is 0 Å². The van der Waals surface area contributed by atoms with Crippen molar-refractivity contribution in [3.63, 3.8) is 0 Å². The van der Waals surface area contributed by atoms with Crippen LogP contribution in [0.1, 0.15) is 28.9 Å². The second-order valence-corrected chi connectivity index (χ2v) is 5.37. The summed E-state index contributed by atoms with van der Waals surface area (Å²) in [5.74, 6) is -0.585. The molecule has 0 aliphatic carbocycles. The first-order valence-electron chi connectivity index (χ1n) is 5.82. The van der Waals surface area contributed by atoms with E-state index in [1.54, 1.807) is 19.1 Å². The standard InChI is InChI=1S/C15H13IO3/c1-10(11-5-3-2-4-6-11)19-15(18)13-9-12(16)7-8-14(13)17/h2-10,17H,1H3/t10-/m0/s1. The number of ether oxygens (including phenoxy) is 1. The molecular weight excluding hydrogens is 355 g/mol. The predicted molar refractivity (Wildman–Crippen MR) is 81.1 cm³/mol. The largest absolute Gasteiger partial charge is 0.507 e. The van der Waals surface area contributed by atoms with Crippen LogP contribution in [-0.2, 0) is 4.74 Å². The molecule has 3 nitrogen and oxygen atoms in total. The van der Waals surface area contributed by atoms with Gasteiger partial charge in [0.15, 0.2) is 0 Å². The van der Waals surface area contributed by atoms with Crippen LogP contribution in [0.5, 0.6) is 5.75 Å². The van der Waals surface area contributed by atoms with Gasteiger partial charge >= 0.3 is 5.97 Å². The van der Waals surface area contributed by atoms with Crippen LogP contribution >= 0.6 is 22.6 Å². The molecular formula is C15H13IO3. The molecule has 0 saturated heterocycles. The topological polar surface area (TPSA) is 46.5 Å². The molecule has 2 aromatic carbocycles. The number of carbonyl (C=O) groups is 1. The van der Waals surface area contributed by atoms with Gasteiger partial charge < -0.3 is 9.84 Å². The fourth-order valence-corrected chi connectivity index (χ4v) is 2.18. The SMILES string of the molecule is C[C@H](OC(=O)c1cc(I)ccc1O)c1ccccc1. The molecule has 19 heavy (non-hydrogen) atoms. The highest BCUT2D eigenvalue weighted by atomic mass is 127. The summed E-state index contributed by atoms with van der Waals surface area (Å²) in [4.78, 5) is 12.0. The Balaban J connectivity index is 2.15. The highest BCUT2D eigenvalue weighted by molar-refractivity contribution is 14.1. The Kier molecular flexibility index (Phi) is 4.42. The average Bonchev–Trinajstić information content (AvgIpc) is 2.42. The summed E-state index contributed by atoms with van der Waals surface area (Å²) in [5, 5.41) is 9.68. The van der Waals surface area contributed by atoms with Gasteiger partial charge in [0.2, 0.25) is 0 Å². The normalized spacial score (nSPS) is 11.9. The lowest BCUT2D eigenvalue weighted by atomic mass is 10.1. The Morgan fingerprint density at radius 3 is 2.58 bits per heavy atom. The summed E-state index contributed by atoms with van der Waals surface area (Å²) in [6.45, 7) is 1.80. The van der Waals surface area contributed by atoms with Gasteiger partial charge in [0.1, 0.15) is 17.4 Å². The highest BCUT2D eigenvalue weighted by Crippen LogP contribution is 2.24. The van der Waals surface area contributed by atoms with Crippen molar-refractivity contribution in [2.45, 2.75) is 13.0 Å². The number of carbonyl (C=O) groups excluding carboxylic acids is 1. The van der Waals surface area contributed by atoms with Crippen LogP contribution < -0.4 is 0 Å². The van der Waals surface area contributed by atoms with Crippen molar-refractivity contribution >= 4 is 28.6 Å². The van der Waals surface area contributed by atoms with E-state index in [0.717, 1.165) is 9.13 Å². The number of phenolic OH excluding ortho intramolecular Hbond substituents is 1. The van der Waals surface area contributed by atoms with Gasteiger partial charge in [-0.25, -0.2) is 4.79 Å². The minimum Gasteiger partial charge on any atom is -0.507 e. The van der Waals surface area contributed by atoms with E-state index < -0.39 is 5.97 Å². The second kappa shape index (κ2) is 6.06. The first kappa shape index (κ1) is 13.9. The van der Waals surface area contributed by atoms with Crippen molar-refractivity contribution in [1.82, 2.24) is 0 Å². The number of rotatable bonds is 3. The fourth-order valence-electron chi connectivity index (χ4n) is 1.69. The van der Waals surface area contributed by atoms with Crippen LogP contribution in [0.25, 0.3) is 0 Å². The van der Waals surface area contributed by atoms with Crippen LogP contribution in [0.3, 0.4) is 0 Å². The Hall–Kier alpha value is -1.56. The molecule has 0 aromatic heterocycles. The van der Waals surface area contributed by atoms with Crippen molar-refractivity contribution < 1.29 is 14.6 Å². The third-order valence-corrected chi connectivity index (χ3v) is 3.40. The highest BCUT2D eigenvalue weighted by Gasteiger charge is 2.17. The van der Waals surface area contributed by atoms with Crippen LogP contribution in [-0.4, -0.2) is 11.1 Å². The van der Waals surface area contributed by atoms with Gasteiger partial charge in [-0.15, -0.1) is 0 Å². The monoisotopic (exact) mass is 368 g/mol. The second-order valence-electron chi connectivity index (χ2n) is 4.12. The van der Waals surface area contributed by atoms with Crippen molar-refractivity contribution in [1.29, 1.82) is 0 Å². The molecule has 0 radical (unpaired) electrons. The molecule has 4 heteroatoms. The number of hydrogen-bond acceptors (Lipinski definition) is 3. The smallest absolute Gasteiger partial charge is 0.342 e. The van der Waals surface area contributed by atoms with E-state index in [0.29, 0.717) is 0 Å². The van der Waals surface area contributed by atoms with Crippen molar-refractivity contribution in [2.24, 2.45) is 0 Å². The Morgan fingerprint density at radius 1 is 1.21 bits per heavy atom. The van der Waals surface area contributed by atoms with E-state index in [-0.39, 0.29) is 17.4 Å². The lowest BCUT2D eigenvalue weighted by Gasteiger charge is -2.14. The summed E-state index contributed by atoms with van der Waals surface area (Å²) in [7, 11) is 0. The zero-order valence-corrected chi connectivity index (χ0v) is 12.5. The summed E-state index contributed by atoms with van der Waals surface area (Å²) in [6.07, 6.45) is -0.356. The van der Waals surface area contributed by atoms with Gasteiger partial charge in [-0.3, -0.25) is 0 Å². The van der Waals surface area contributed by atoms with E-state index in [1.807, 2.05) is 30.3 Å². The van der Waals surface area contributed by atoms with Crippen LogP contribution in [0.2, 0.25) is 0 Å². The Bertz CT molecular complexity index is 581. The molecule has 0 aliphatic heterocycles. The summed E-state index contributed by atoms with van der Waals surface area (Å²) < 4.78 is 6.23. The number of benzene rings is 2. The van der Waals surface area contributed by atoms with Gasteiger partial charge in [-0.05, 0) is 53.3 Å². The van der Waals surface area contributed by atoms with Gasteiger partial charge in [0, 0.05) is 3.57 Å². The zero-order valence-electron chi connectivity index (χ0n) is 10.3. The molecule has 0 amide bonds. The minimum absolute atomic E-state index is 0.0642. The number of halogens is 1. The van der Waals surface area contributed by atoms with Crippen molar-refractivity contribution in [2.75, 3.05) is 0 Å². The molecule has 2 aromatic rings. The summed E-state index contributed by atoms with van der Waals surface area (Å²) in [6, 6.07) is 14.3. The quantitative estimate of drug-likeness (QED) is 0.660. The lowest BCUT2D eigenvalue weighted by molar-refractivity contribution is 0.0334. The maximum Gasteiger partial charge on any atom is 0.342 e. The molecule has 0 heterocycles. The maximum atomic E-state index is 12.0. The summed E-state index contributed by atoms with van der Waals surface area (Å²) in [5.41, 5.74) is 1.11. The fraction of sp³-hybridized carbons (Fsp3) is 0.133. The molecule has 0 bridgehead atoms. The van der Waals surface area contributed by atoms with Crippen LogP contribution in [0.15, 0.2) is 48.5 Å². The molecule has 2 rings (SSSR count).